The second-order valence-electron chi connectivity index (χ2n) is 5.00. The SMILES string of the molecule is COC(=O)c1cc(C(=O)O)nc2nnnn12.Cc1cc(CN)ccc1F. The van der Waals surface area contributed by atoms with Crippen molar-refractivity contribution in [1.82, 2.24) is 25.0 Å². The fourth-order valence-corrected chi connectivity index (χ4v) is 1.93. The van der Waals surface area contributed by atoms with Gasteiger partial charge in [0, 0.05) is 12.6 Å². The molecule has 0 unspecified atom stereocenters. The predicted octanol–water partition coefficient (Wildman–Crippen LogP) is 0.597. The van der Waals surface area contributed by atoms with Crippen molar-refractivity contribution in [1.29, 1.82) is 0 Å². The number of aromatic carboxylic acids is 1. The summed E-state index contributed by atoms with van der Waals surface area (Å²) in [6, 6.07) is 5.94. The molecule has 0 fully saturated rings. The normalized spacial score (nSPS) is 10.2. The van der Waals surface area contributed by atoms with Crippen molar-refractivity contribution in [3.63, 3.8) is 0 Å². The molecule has 0 atom stereocenters. The molecule has 2 heterocycles. The maximum Gasteiger partial charge on any atom is 0.357 e. The minimum absolute atomic E-state index is 0.0831. The van der Waals surface area contributed by atoms with Crippen LogP contribution in [0.4, 0.5) is 4.39 Å². The molecule has 1 aromatic carbocycles. The smallest absolute Gasteiger partial charge is 0.357 e. The predicted molar refractivity (Wildman–Crippen MR) is 85.9 cm³/mol. The number of carbonyl (C=O) groups is 2. The first kappa shape index (κ1) is 18.9. The summed E-state index contributed by atoms with van der Waals surface area (Å²) in [4.78, 5) is 25.7. The number of esters is 1. The van der Waals surface area contributed by atoms with Crippen LogP contribution in [0, 0.1) is 12.7 Å². The number of hydrogen-bond donors (Lipinski definition) is 2. The maximum atomic E-state index is 12.6. The maximum absolute atomic E-state index is 12.6. The Bertz CT molecular complexity index is 958. The number of aryl methyl sites for hydroxylation is 1. The van der Waals surface area contributed by atoms with Gasteiger partial charge in [0.1, 0.15) is 5.82 Å². The van der Waals surface area contributed by atoms with Gasteiger partial charge in [-0.1, -0.05) is 17.2 Å². The number of benzene rings is 1. The Morgan fingerprint density at radius 3 is 2.65 bits per heavy atom. The van der Waals surface area contributed by atoms with E-state index in [2.05, 4.69) is 25.2 Å². The van der Waals surface area contributed by atoms with Crippen LogP contribution in [0.25, 0.3) is 5.78 Å². The molecular weight excluding hydrogens is 347 g/mol. The van der Waals surface area contributed by atoms with Crippen molar-refractivity contribution < 1.29 is 23.8 Å². The second kappa shape index (κ2) is 8.07. The molecule has 11 heteroatoms. The van der Waals surface area contributed by atoms with E-state index in [4.69, 9.17) is 10.8 Å². The fourth-order valence-electron chi connectivity index (χ4n) is 1.93. The molecule has 3 rings (SSSR count). The molecule has 10 nitrogen and oxygen atoms in total. The van der Waals surface area contributed by atoms with Crippen LogP contribution in [-0.2, 0) is 11.3 Å². The van der Waals surface area contributed by atoms with E-state index in [1.54, 1.807) is 19.1 Å². The summed E-state index contributed by atoms with van der Waals surface area (Å²) in [5.74, 6) is -2.28. The summed E-state index contributed by atoms with van der Waals surface area (Å²) in [5.41, 5.74) is 6.54. The van der Waals surface area contributed by atoms with Crippen molar-refractivity contribution in [3.8, 4) is 0 Å². The van der Waals surface area contributed by atoms with Gasteiger partial charge in [0.25, 0.3) is 5.78 Å². The molecule has 0 aliphatic heterocycles. The summed E-state index contributed by atoms with van der Waals surface area (Å²) in [6.07, 6.45) is 0. The summed E-state index contributed by atoms with van der Waals surface area (Å²) >= 11 is 0. The number of aromatic nitrogens is 5. The minimum Gasteiger partial charge on any atom is -0.477 e. The van der Waals surface area contributed by atoms with E-state index in [1.807, 2.05) is 0 Å². The molecular formula is C15H15FN6O4. The standard InChI is InChI=1S/C8H10FN.C7H5N5O4/c1-6-4-7(5-10)2-3-8(6)9;1-16-6(15)4-2-3(5(13)14)8-7-9-10-11-12(4)7/h2-4H,5,10H2,1H3;2H,1H3,(H,13,14). The lowest BCUT2D eigenvalue weighted by atomic mass is 10.1. The molecule has 0 aliphatic rings. The highest BCUT2D eigenvalue weighted by molar-refractivity contribution is 5.92. The second-order valence-corrected chi connectivity index (χ2v) is 5.00. The van der Waals surface area contributed by atoms with Gasteiger partial charge in [0.15, 0.2) is 11.4 Å². The molecule has 26 heavy (non-hydrogen) atoms. The molecule has 0 bridgehead atoms. The van der Waals surface area contributed by atoms with E-state index in [0.717, 1.165) is 16.1 Å². The highest BCUT2D eigenvalue weighted by Gasteiger charge is 2.18. The van der Waals surface area contributed by atoms with Crippen molar-refractivity contribution in [2.75, 3.05) is 7.11 Å². The van der Waals surface area contributed by atoms with Gasteiger partial charge in [-0.05, 0) is 34.5 Å². The average molecular weight is 362 g/mol. The van der Waals surface area contributed by atoms with Gasteiger partial charge in [-0.25, -0.2) is 19.0 Å². The van der Waals surface area contributed by atoms with Crippen molar-refractivity contribution in [3.05, 3.63) is 52.6 Å². The monoisotopic (exact) mass is 362 g/mol. The molecule has 3 aromatic rings. The van der Waals surface area contributed by atoms with E-state index >= 15 is 0 Å². The van der Waals surface area contributed by atoms with E-state index < -0.39 is 11.9 Å². The number of nitrogens with two attached hydrogens (primary N) is 1. The summed E-state index contributed by atoms with van der Waals surface area (Å²) in [5, 5.41) is 19.0. The van der Waals surface area contributed by atoms with Crippen LogP contribution in [-0.4, -0.2) is 49.2 Å². The number of carbonyl (C=O) groups excluding carboxylic acids is 1. The Morgan fingerprint density at radius 2 is 2.08 bits per heavy atom. The first-order chi connectivity index (χ1) is 12.4. The molecule has 0 spiro atoms. The first-order valence-corrected chi connectivity index (χ1v) is 7.23. The Morgan fingerprint density at radius 1 is 1.35 bits per heavy atom. The van der Waals surface area contributed by atoms with Gasteiger partial charge < -0.3 is 15.6 Å². The molecule has 0 radical (unpaired) electrons. The summed E-state index contributed by atoms with van der Waals surface area (Å²) < 4.78 is 18.1. The average Bonchev–Trinajstić information content (AvgIpc) is 3.11. The largest absolute Gasteiger partial charge is 0.477 e. The van der Waals surface area contributed by atoms with Crippen LogP contribution in [0.2, 0.25) is 0 Å². The molecule has 0 amide bonds. The number of hydrogen-bond acceptors (Lipinski definition) is 8. The topological polar surface area (TPSA) is 146 Å². The number of nitrogens with zero attached hydrogens (tertiary/aromatic N) is 5. The Hall–Kier alpha value is -3.47. The van der Waals surface area contributed by atoms with Crippen molar-refractivity contribution >= 4 is 17.7 Å². The third-order valence-corrected chi connectivity index (χ3v) is 3.25. The lowest BCUT2D eigenvalue weighted by molar-refractivity contribution is 0.0590. The zero-order chi connectivity index (χ0) is 19.3. The highest BCUT2D eigenvalue weighted by Crippen LogP contribution is 2.08. The van der Waals surface area contributed by atoms with Gasteiger partial charge in [-0.15, -0.1) is 0 Å². The van der Waals surface area contributed by atoms with Gasteiger partial charge in [-0.2, -0.15) is 4.52 Å². The Balaban J connectivity index is 0.000000209. The number of carboxylic acid groups (broad SMARTS) is 1. The third kappa shape index (κ3) is 4.13. The van der Waals surface area contributed by atoms with Gasteiger partial charge in [0.05, 0.1) is 7.11 Å². The van der Waals surface area contributed by atoms with E-state index in [-0.39, 0.29) is 23.0 Å². The zero-order valence-corrected chi connectivity index (χ0v) is 13.9. The van der Waals surface area contributed by atoms with Crippen LogP contribution in [0.15, 0.2) is 24.3 Å². The van der Waals surface area contributed by atoms with E-state index in [9.17, 15) is 14.0 Å². The van der Waals surface area contributed by atoms with Gasteiger partial charge >= 0.3 is 11.9 Å². The molecule has 2 aromatic heterocycles. The van der Waals surface area contributed by atoms with E-state index in [1.165, 1.54) is 13.2 Å². The summed E-state index contributed by atoms with van der Waals surface area (Å²) in [7, 11) is 1.17. The molecule has 136 valence electrons. The van der Waals surface area contributed by atoms with Crippen LogP contribution >= 0.6 is 0 Å². The first-order valence-electron chi connectivity index (χ1n) is 7.23. The lowest BCUT2D eigenvalue weighted by Crippen LogP contribution is -2.13. The summed E-state index contributed by atoms with van der Waals surface area (Å²) in [6.45, 7) is 2.20. The fraction of sp³-hybridized carbons (Fsp3) is 0.200. The lowest BCUT2D eigenvalue weighted by Gasteiger charge is -2.01. The number of methoxy groups -OCH3 is 1. The van der Waals surface area contributed by atoms with Crippen LogP contribution < -0.4 is 5.73 Å². The highest BCUT2D eigenvalue weighted by atomic mass is 19.1. The quantitative estimate of drug-likeness (QED) is 0.639. The van der Waals surface area contributed by atoms with E-state index in [0.29, 0.717) is 12.1 Å². The molecule has 0 aliphatic carbocycles. The number of ether oxygens (including phenoxy) is 1. The Kier molecular flexibility index (Phi) is 5.86. The number of carboxylic acids is 1. The number of fused-ring (bicyclic) bond motifs is 1. The van der Waals surface area contributed by atoms with Gasteiger partial charge in [-0.3, -0.25) is 0 Å². The van der Waals surface area contributed by atoms with Crippen molar-refractivity contribution in [2.24, 2.45) is 5.73 Å². The minimum atomic E-state index is -1.28. The van der Waals surface area contributed by atoms with Crippen LogP contribution in [0.1, 0.15) is 32.1 Å². The number of rotatable bonds is 3. The van der Waals surface area contributed by atoms with Crippen LogP contribution in [0.3, 0.4) is 0 Å². The third-order valence-electron chi connectivity index (χ3n) is 3.25. The van der Waals surface area contributed by atoms with Gasteiger partial charge in [0.2, 0.25) is 0 Å². The van der Waals surface area contributed by atoms with Crippen molar-refractivity contribution in [2.45, 2.75) is 13.5 Å². The van der Waals surface area contributed by atoms with Crippen LogP contribution in [0.5, 0.6) is 0 Å². The molecule has 0 saturated carbocycles. The number of halogens is 1. The molecule has 0 saturated heterocycles. The molecule has 3 N–H and O–H groups in total. The number of tetrazole rings is 1. The Labute approximate surface area is 146 Å². The zero-order valence-electron chi connectivity index (χ0n) is 13.9.